The largest absolute Gasteiger partial charge is 0.522 e. The average molecular weight is 294 g/mol. The fourth-order valence-electron chi connectivity index (χ4n) is 2.86. The number of hydrogen-bond donors (Lipinski definition) is 0. The summed E-state index contributed by atoms with van der Waals surface area (Å²) < 4.78 is 51.8. The van der Waals surface area contributed by atoms with Crippen LogP contribution in [0.1, 0.15) is 32.6 Å². The van der Waals surface area contributed by atoms with Crippen LogP contribution in [0.15, 0.2) is 12.2 Å². The molecule has 1 saturated heterocycles. The second-order valence-corrected chi connectivity index (χ2v) is 5.42. The molecule has 3 nitrogen and oxygen atoms in total. The lowest BCUT2D eigenvalue weighted by molar-refractivity contribution is -0.347. The lowest BCUT2D eigenvalue weighted by atomic mass is 9.86. The van der Waals surface area contributed by atoms with Crippen LogP contribution in [-0.2, 0) is 14.2 Å². The van der Waals surface area contributed by atoms with E-state index in [-0.39, 0.29) is 18.1 Å². The third kappa shape index (κ3) is 4.75. The van der Waals surface area contributed by atoms with Crippen LogP contribution in [0.4, 0.5) is 13.2 Å². The summed E-state index contributed by atoms with van der Waals surface area (Å²) in [7, 11) is 0. The van der Waals surface area contributed by atoms with Gasteiger partial charge < -0.3 is 9.47 Å². The van der Waals surface area contributed by atoms with Gasteiger partial charge in [-0.25, -0.2) is 0 Å². The Balaban J connectivity index is 1.72. The molecule has 6 heteroatoms. The Labute approximate surface area is 117 Å². The van der Waals surface area contributed by atoms with Crippen LogP contribution < -0.4 is 0 Å². The second kappa shape index (κ2) is 6.91. The Kier molecular flexibility index (Phi) is 5.46. The highest BCUT2D eigenvalue weighted by Gasteiger charge is 2.37. The molecule has 0 unspecified atom stereocenters. The molecule has 0 aromatic rings. The molecule has 2 fully saturated rings. The van der Waals surface area contributed by atoms with Crippen LogP contribution in [0.5, 0.6) is 0 Å². The second-order valence-electron chi connectivity index (χ2n) is 5.42. The smallest absolute Gasteiger partial charge is 0.352 e. The van der Waals surface area contributed by atoms with E-state index in [1.165, 1.54) is 0 Å². The number of alkyl halides is 3. The third-order valence-electron chi connectivity index (χ3n) is 3.82. The Morgan fingerprint density at radius 1 is 1.05 bits per heavy atom. The Bertz CT molecular complexity index is 314. The van der Waals surface area contributed by atoms with E-state index in [1.54, 1.807) is 0 Å². The van der Waals surface area contributed by atoms with Crippen molar-refractivity contribution in [1.82, 2.24) is 0 Å². The van der Waals surface area contributed by atoms with Crippen molar-refractivity contribution >= 4 is 0 Å². The molecule has 1 aliphatic heterocycles. The molecule has 0 spiro atoms. The van der Waals surface area contributed by atoms with Crippen molar-refractivity contribution in [2.24, 2.45) is 11.8 Å². The molecule has 0 aromatic heterocycles. The molecule has 1 heterocycles. The summed E-state index contributed by atoms with van der Waals surface area (Å²) in [6.45, 7) is 3.19. The van der Waals surface area contributed by atoms with Gasteiger partial charge in [-0.2, -0.15) is 0 Å². The summed E-state index contributed by atoms with van der Waals surface area (Å²) in [5, 5.41) is 0. The predicted octanol–water partition coefficient (Wildman–Crippen LogP) is 3.65. The van der Waals surface area contributed by atoms with Crippen molar-refractivity contribution in [3.8, 4) is 0 Å². The first-order valence-electron chi connectivity index (χ1n) is 7.08. The van der Waals surface area contributed by atoms with E-state index in [2.05, 4.69) is 4.74 Å². The first-order chi connectivity index (χ1) is 9.48. The van der Waals surface area contributed by atoms with Gasteiger partial charge in [0.1, 0.15) is 0 Å². The summed E-state index contributed by atoms with van der Waals surface area (Å²) in [4.78, 5) is 0. The standard InChI is InChI=1S/C14H21F3O3/c1-2-3-10-8-18-13(19-9-10)11-4-6-12(7-5-11)20-14(15,16)17/h2-3,10-13H,4-9H2,1H3/b3-2+. The van der Waals surface area contributed by atoms with Crippen molar-refractivity contribution in [2.45, 2.75) is 51.4 Å². The van der Waals surface area contributed by atoms with E-state index in [9.17, 15) is 13.2 Å². The summed E-state index contributed by atoms with van der Waals surface area (Å²) in [6.07, 6.45) is 0.613. The van der Waals surface area contributed by atoms with Gasteiger partial charge >= 0.3 is 6.36 Å². The Morgan fingerprint density at radius 3 is 2.15 bits per heavy atom. The van der Waals surface area contributed by atoms with Crippen LogP contribution in [0.3, 0.4) is 0 Å². The quantitative estimate of drug-likeness (QED) is 0.744. The van der Waals surface area contributed by atoms with Crippen LogP contribution in [0.2, 0.25) is 0 Å². The zero-order chi connectivity index (χ0) is 14.6. The number of ether oxygens (including phenoxy) is 3. The summed E-state index contributed by atoms with van der Waals surface area (Å²) in [5.41, 5.74) is 0. The van der Waals surface area contributed by atoms with Crippen molar-refractivity contribution in [2.75, 3.05) is 13.2 Å². The van der Waals surface area contributed by atoms with Crippen molar-refractivity contribution in [3.63, 3.8) is 0 Å². The number of halogens is 3. The minimum atomic E-state index is -4.53. The molecule has 0 atom stereocenters. The third-order valence-corrected chi connectivity index (χ3v) is 3.82. The molecule has 0 aromatic carbocycles. The average Bonchev–Trinajstić information content (AvgIpc) is 2.39. The first-order valence-corrected chi connectivity index (χ1v) is 7.08. The highest BCUT2D eigenvalue weighted by Crippen LogP contribution is 2.34. The number of allylic oxidation sites excluding steroid dienone is 1. The molecular formula is C14H21F3O3. The van der Waals surface area contributed by atoms with Gasteiger partial charge in [-0.3, -0.25) is 4.74 Å². The van der Waals surface area contributed by atoms with Gasteiger partial charge in [-0.15, -0.1) is 13.2 Å². The molecule has 2 aliphatic rings. The molecule has 0 radical (unpaired) electrons. The molecule has 0 N–H and O–H groups in total. The molecule has 1 aliphatic carbocycles. The van der Waals surface area contributed by atoms with E-state index in [0.29, 0.717) is 38.9 Å². The SMILES string of the molecule is C/C=C/C1COC(C2CCC(OC(F)(F)F)CC2)OC1. The summed E-state index contributed by atoms with van der Waals surface area (Å²) in [6, 6.07) is 0. The van der Waals surface area contributed by atoms with Crippen LogP contribution in [0.25, 0.3) is 0 Å². The molecule has 0 amide bonds. The Hall–Kier alpha value is -0.590. The molecule has 2 rings (SSSR count). The predicted molar refractivity (Wildman–Crippen MR) is 66.9 cm³/mol. The highest BCUT2D eigenvalue weighted by molar-refractivity contribution is 4.87. The van der Waals surface area contributed by atoms with E-state index in [1.807, 2.05) is 19.1 Å². The zero-order valence-electron chi connectivity index (χ0n) is 11.6. The normalized spacial score (nSPS) is 36.4. The monoisotopic (exact) mass is 294 g/mol. The maximum absolute atomic E-state index is 12.1. The van der Waals surface area contributed by atoms with E-state index < -0.39 is 12.5 Å². The molecule has 0 bridgehead atoms. The van der Waals surface area contributed by atoms with E-state index >= 15 is 0 Å². The number of hydrogen-bond acceptors (Lipinski definition) is 3. The van der Waals surface area contributed by atoms with E-state index in [4.69, 9.17) is 9.47 Å². The molecule has 20 heavy (non-hydrogen) atoms. The fraction of sp³-hybridized carbons (Fsp3) is 0.857. The van der Waals surface area contributed by atoms with Gasteiger partial charge in [0.15, 0.2) is 6.29 Å². The minimum absolute atomic E-state index is 0.176. The number of rotatable bonds is 3. The van der Waals surface area contributed by atoms with Crippen LogP contribution in [-0.4, -0.2) is 32.0 Å². The van der Waals surface area contributed by atoms with Gasteiger partial charge in [0.25, 0.3) is 0 Å². The van der Waals surface area contributed by atoms with Gasteiger partial charge in [0, 0.05) is 11.8 Å². The van der Waals surface area contributed by atoms with Gasteiger partial charge in [-0.05, 0) is 32.6 Å². The van der Waals surface area contributed by atoms with Gasteiger partial charge in [0.2, 0.25) is 0 Å². The molecule has 1 saturated carbocycles. The van der Waals surface area contributed by atoms with E-state index in [0.717, 1.165) is 0 Å². The fourth-order valence-corrected chi connectivity index (χ4v) is 2.86. The lowest BCUT2D eigenvalue weighted by Crippen LogP contribution is -2.39. The maximum Gasteiger partial charge on any atom is 0.522 e. The minimum Gasteiger partial charge on any atom is -0.352 e. The highest BCUT2D eigenvalue weighted by atomic mass is 19.4. The topological polar surface area (TPSA) is 27.7 Å². The van der Waals surface area contributed by atoms with Gasteiger partial charge in [0.05, 0.1) is 19.3 Å². The van der Waals surface area contributed by atoms with Crippen molar-refractivity contribution in [1.29, 1.82) is 0 Å². The molecule has 116 valence electrons. The van der Waals surface area contributed by atoms with Crippen molar-refractivity contribution in [3.05, 3.63) is 12.2 Å². The van der Waals surface area contributed by atoms with Crippen LogP contribution >= 0.6 is 0 Å². The Morgan fingerprint density at radius 2 is 1.65 bits per heavy atom. The van der Waals surface area contributed by atoms with Crippen molar-refractivity contribution < 1.29 is 27.4 Å². The summed E-state index contributed by atoms with van der Waals surface area (Å²) in [5.74, 6) is 0.454. The van der Waals surface area contributed by atoms with Gasteiger partial charge in [-0.1, -0.05) is 12.2 Å². The lowest BCUT2D eigenvalue weighted by Gasteiger charge is -2.37. The van der Waals surface area contributed by atoms with Crippen LogP contribution in [0, 0.1) is 11.8 Å². The zero-order valence-corrected chi connectivity index (χ0v) is 11.6. The maximum atomic E-state index is 12.1. The molecular weight excluding hydrogens is 273 g/mol. The first kappa shape index (κ1) is 15.8. The summed E-state index contributed by atoms with van der Waals surface area (Å²) >= 11 is 0.